The predicted molar refractivity (Wildman–Crippen MR) is 132 cm³/mol. The average molecular weight is 465 g/mol. The average Bonchev–Trinajstić information content (AvgIpc) is 3.35. The van der Waals surface area contributed by atoms with Gasteiger partial charge in [0, 0.05) is 38.3 Å². The van der Waals surface area contributed by atoms with Gasteiger partial charge in [-0.2, -0.15) is 0 Å². The van der Waals surface area contributed by atoms with Gasteiger partial charge >= 0.3 is 0 Å². The molecule has 0 radical (unpaired) electrons. The van der Waals surface area contributed by atoms with E-state index in [1.165, 1.54) is 0 Å². The molecule has 6 nitrogen and oxygen atoms in total. The Balaban J connectivity index is 1.49. The van der Waals surface area contributed by atoms with Gasteiger partial charge in [0.15, 0.2) is 0 Å². The summed E-state index contributed by atoms with van der Waals surface area (Å²) < 4.78 is 11.2. The Bertz CT molecular complexity index is 995. The van der Waals surface area contributed by atoms with Gasteiger partial charge in [-0.15, -0.1) is 0 Å². The normalized spacial score (nSPS) is 20.3. The molecule has 2 saturated heterocycles. The molecule has 2 fully saturated rings. The fraction of sp³-hybridized carbons (Fsp3) is 0.500. The highest BCUT2D eigenvalue weighted by Crippen LogP contribution is 2.25. The molecule has 6 heteroatoms. The number of hydrogen-bond acceptors (Lipinski definition) is 4. The smallest absolute Gasteiger partial charge is 0.253 e. The zero-order chi connectivity index (χ0) is 24.1. The number of hydrogen-bond donors (Lipinski definition) is 0. The Hall–Kier alpha value is -2.86. The summed E-state index contributed by atoms with van der Waals surface area (Å²) in [6.45, 7) is 7.02. The van der Waals surface area contributed by atoms with Crippen LogP contribution in [0.3, 0.4) is 0 Å². The van der Waals surface area contributed by atoms with Gasteiger partial charge in [0.05, 0.1) is 19.1 Å². The SMILES string of the molecule is COc1cccc(CN(CC2CCCO2)C(=O)C2CCCN(C(=O)c3cc(C)cc(C)c3)C2)c1. The Labute approximate surface area is 202 Å². The molecule has 0 spiro atoms. The van der Waals surface area contributed by atoms with E-state index in [1.807, 2.05) is 60.0 Å². The van der Waals surface area contributed by atoms with Gasteiger partial charge in [-0.25, -0.2) is 0 Å². The lowest BCUT2D eigenvalue weighted by Gasteiger charge is -2.36. The molecule has 0 N–H and O–H groups in total. The minimum Gasteiger partial charge on any atom is -0.497 e. The van der Waals surface area contributed by atoms with Gasteiger partial charge in [0.2, 0.25) is 5.91 Å². The lowest BCUT2D eigenvalue weighted by atomic mass is 9.95. The van der Waals surface area contributed by atoms with Crippen LogP contribution in [-0.2, 0) is 16.1 Å². The van der Waals surface area contributed by atoms with Crippen LogP contribution in [0, 0.1) is 19.8 Å². The summed E-state index contributed by atoms with van der Waals surface area (Å²) >= 11 is 0. The third-order valence-corrected chi connectivity index (χ3v) is 6.79. The molecule has 2 amide bonds. The van der Waals surface area contributed by atoms with Gasteiger partial charge in [-0.05, 0) is 69.4 Å². The van der Waals surface area contributed by atoms with E-state index in [0.29, 0.717) is 31.7 Å². The quantitative estimate of drug-likeness (QED) is 0.611. The number of carbonyl (C=O) groups excluding carboxylic acids is 2. The van der Waals surface area contributed by atoms with Crippen molar-refractivity contribution in [1.29, 1.82) is 0 Å². The highest BCUT2D eigenvalue weighted by atomic mass is 16.5. The molecular weight excluding hydrogens is 428 g/mol. The van der Waals surface area contributed by atoms with Crippen LogP contribution in [0.5, 0.6) is 5.75 Å². The monoisotopic (exact) mass is 464 g/mol. The van der Waals surface area contributed by atoms with Crippen LogP contribution < -0.4 is 4.74 Å². The molecule has 2 aromatic carbocycles. The summed E-state index contributed by atoms with van der Waals surface area (Å²) in [7, 11) is 1.65. The standard InChI is InChI=1S/C28H36N2O4/c1-20-13-21(2)15-24(14-20)28(32)29-11-5-8-23(18-29)27(31)30(19-26-10-6-12-34-26)17-22-7-4-9-25(16-22)33-3/h4,7,9,13-16,23,26H,5-6,8,10-12,17-19H2,1-3H3. The topological polar surface area (TPSA) is 59.1 Å². The second kappa shape index (κ2) is 11.0. The molecule has 2 unspecified atom stereocenters. The first kappa shape index (κ1) is 24.3. The molecule has 2 atom stereocenters. The molecule has 2 aromatic rings. The van der Waals surface area contributed by atoms with E-state index >= 15 is 0 Å². The number of piperidine rings is 1. The lowest BCUT2D eigenvalue weighted by molar-refractivity contribution is -0.139. The van der Waals surface area contributed by atoms with Crippen molar-refractivity contribution in [2.45, 2.75) is 52.2 Å². The van der Waals surface area contributed by atoms with Crippen molar-refractivity contribution >= 4 is 11.8 Å². The van der Waals surface area contributed by atoms with Gasteiger partial charge in [0.1, 0.15) is 5.75 Å². The summed E-state index contributed by atoms with van der Waals surface area (Å²) in [6, 6.07) is 13.8. The predicted octanol–water partition coefficient (Wildman–Crippen LogP) is 4.37. The minimum absolute atomic E-state index is 0.0165. The molecule has 2 aliphatic heterocycles. The van der Waals surface area contributed by atoms with Crippen molar-refractivity contribution in [1.82, 2.24) is 9.80 Å². The number of nitrogens with zero attached hydrogens (tertiary/aromatic N) is 2. The number of carbonyl (C=O) groups is 2. The largest absolute Gasteiger partial charge is 0.497 e. The number of likely N-dealkylation sites (tertiary alicyclic amines) is 1. The zero-order valence-electron chi connectivity index (χ0n) is 20.6. The van der Waals surface area contributed by atoms with Gasteiger partial charge in [-0.3, -0.25) is 9.59 Å². The summed E-state index contributed by atoms with van der Waals surface area (Å²) in [5, 5.41) is 0. The molecule has 2 aliphatic rings. The molecule has 0 saturated carbocycles. The first-order chi connectivity index (χ1) is 16.4. The second-order valence-electron chi connectivity index (χ2n) is 9.67. The Kier molecular flexibility index (Phi) is 7.88. The third-order valence-electron chi connectivity index (χ3n) is 6.79. The van der Waals surface area contributed by atoms with Crippen LogP contribution in [0.1, 0.15) is 52.7 Å². The maximum absolute atomic E-state index is 13.8. The fourth-order valence-electron chi connectivity index (χ4n) is 5.16. The maximum Gasteiger partial charge on any atom is 0.253 e. The van der Waals surface area contributed by atoms with E-state index in [9.17, 15) is 9.59 Å². The number of rotatable bonds is 7. The first-order valence-corrected chi connectivity index (χ1v) is 12.3. The van der Waals surface area contributed by atoms with Gasteiger partial charge < -0.3 is 19.3 Å². The highest BCUT2D eigenvalue weighted by molar-refractivity contribution is 5.95. The maximum atomic E-state index is 13.8. The van der Waals surface area contributed by atoms with Crippen LogP contribution in [0.4, 0.5) is 0 Å². The molecule has 34 heavy (non-hydrogen) atoms. The van der Waals surface area contributed by atoms with Crippen molar-refractivity contribution in [3.05, 3.63) is 64.7 Å². The molecule has 0 bridgehead atoms. The first-order valence-electron chi connectivity index (χ1n) is 12.3. The molecule has 2 heterocycles. The van der Waals surface area contributed by atoms with Crippen LogP contribution in [-0.4, -0.2) is 61.1 Å². The van der Waals surface area contributed by atoms with E-state index in [2.05, 4.69) is 6.07 Å². The van der Waals surface area contributed by atoms with Crippen molar-refractivity contribution in [3.63, 3.8) is 0 Å². The van der Waals surface area contributed by atoms with Crippen molar-refractivity contribution in [3.8, 4) is 5.75 Å². The van der Waals surface area contributed by atoms with Crippen LogP contribution in [0.2, 0.25) is 0 Å². The lowest BCUT2D eigenvalue weighted by Crippen LogP contribution is -2.48. The van der Waals surface area contributed by atoms with E-state index in [-0.39, 0.29) is 23.8 Å². The van der Waals surface area contributed by atoms with Crippen molar-refractivity contribution in [2.24, 2.45) is 5.92 Å². The van der Waals surface area contributed by atoms with Crippen LogP contribution in [0.25, 0.3) is 0 Å². The van der Waals surface area contributed by atoms with E-state index in [4.69, 9.17) is 9.47 Å². The van der Waals surface area contributed by atoms with Gasteiger partial charge in [-0.1, -0.05) is 29.3 Å². The highest BCUT2D eigenvalue weighted by Gasteiger charge is 2.33. The van der Waals surface area contributed by atoms with Crippen molar-refractivity contribution in [2.75, 3.05) is 33.4 Å². The third kappa shape index (κ3) is 5.98. The molecule has 0 aromatic heterocycles. The van der Waals surface area contributed by atoms with E-state index in [1.54, 1.807) is 7.11 Å². The summed E-state index contributed by atoms with van der Waals surface area (Å²) in [5.74, 6) is 0.708. The number of aryl methyl sites for hydroxylation is 2. The summed E-state index contributed by atoms with van der Waals surface area (Å²) in [6.07, 6.45) is 3.72. The molecule has 0 aliphatic carbocycles. The molecule has 182 valence electrons. The summed E-state index contributed by atoms with van der Waals surface area (Å²) in [5.41, 5.74) is 3.89. The number of benzene rings is 2. The Morgan fingerprint density at radius 1 is 1.09 bits per heavy atom. The second-order valence-corrected chi connectivity index (χ2v) is 9.67. The van der Waals surface area contributed by atoms with E-state index < -0.39 is 0 Å². The number of amides is 2. The fourth-order valence-corrected chi connectivity index (χ4v) is 5.16. The Morgan fingerprint density at radius 3 is 2.59 bits per heavy atom. The van der Waals surface area contributed by atoms with Crippen LogP contribution in [0.15, 0.2) is 42.5 Å². The minimum atomic E-state index is -0.199. The number of methoxy groups -OCH3 is 1. The van der Waals surface area contributed by atoms with Crippen LogP contribution >= 0.6 is 0 Å². The van der Waals surface area contributed by atoms with Gasteiger partial charge in [0.25, 0.3) is 5.91 Å². The number of ether oxygens (including phenoxy) is 2. The Morgan fingerprint density at radius 2 is 1.88 bits per heavy atom. The van der Waals surface area contributed by atoms with E-state index in [0.717, 1.165) is 54.7 Å². The summed E-state index contributed by atoms with van der Waals surface area (Å²) in [4.78, 5) is 30.8. The zero-order valence-corrected chi connectivity index (χ0v) is 20.6. The molecular formula is C28H36N2O4. The van der Waals surface area contributed by atoms with Crippen molar-refractivity contribution < 1.29 is 19.1 Å². The molecule has 4 rings (SSSR count).